The molecule has 0 aliphatic carbocycles. The molecule has 1 saturated heterocycles. The molecule has 0 saturated carbocycles. The van der Waals surface area contributed by atoms with Crippen LogP contribution >= 0.6 is 27.7 Å². The molecule has 116 valence electrons. The van der Waals surface area contributed by atoms with Gasteiger partial charge < -0.3 is 0 Å². The molecule has 0 radical (unpaired) electrons. The van der Waals surface area contributed by atoms with E-state index in [0.29, 0.717) is 10.5 Å². The van der Waals surface area contributed by atoms with Crippen LogP contribution in [0.3, 0.4) is 0 Å². The first kappa shape index (κ1) is 16.0. The molecular formula is C17H11BrFNO2S. The van der Waals surface area contributed by atoms with Crippen LogP contribution in [-0.4, -0.2) is 16.0 Å². The summed E-state index contributed by atoms with van der Waals surface area (Å²) in [6, 6.07) is 13.3. The highest BCUT2D eigenvalue weighted by atomic mass is 79.9. The highest BCUT2D eigenvalue weighted by molar-refractivity contribution is 9.10. The van der Waals surface area contributed by atoms with Gasteiger partial charge in [0.05, 0.1) is 11.4 Å². The maximum Gasteiger partial charge on any atom is 0.293 e. The number of amides is 2. The minimum atomic E-state index is -0.383. The molecule has 6 heteroatoms. The summed E-state index contributed by atoms with van der Waals surface area (Å²) in [5.41, 5.74) is 1.40. The van der Waals surface area contributed by atoms with Gasteiger partial charge in [-0.15, -0.1) is 0 Å². The maximum absolute atomic E-state index is 13.2. The molecule has 2 aromatic rings. The number of carbonyl (C=O) groups excluding carboxylic acids is 2. The van der Waals surface area contributed by atoms with E-state index in [2.05, 4.69) is 15.9 Å². The van der Waals surface area contributed by atoms with E-state index in [1.165, 1.54) is 23.1 Å². The fraction of sp³-hybridized carbons (Fsp3) is 0.0588. The molecule has 1 fully saturated rings. The zero-order valence-electron chi connectivity index (χ0n) is 11.8. The van der Waals surface area contributed by atoms with Crippen LogP contribution in [-0.2, 0) is 11.3 Å². The Morgan fingerprint density at radius 2 is 1.91 bits per heavy atom. The van der Waals surface area contributed by atoms with Gasteiger partial charge in [0.2, 0.25) is 0 Å². The van der Waals surface area contributed by atoms with Gasteiger partial charge in [0, 0.05) is 4.47 Å². The van der Waals surface area contributed by atoms with Crippen LogP contribution in [0.15, 0.2) is 57.9 Å². The molecule has 0 atom stereocenters. The van der Waals surface area contributed by atoms with Crippen molar-refractivity contribution in [2.75, 3.05) is 0 Å². The summed E-state index contributed by atoms with van der Waals surface area (Å²) in [6.07, 6.45) is 1.54. The summed E-state index contributed by atoms with van der Waals surface area (Å²) >= 11 is 4.28. The highest BCUT2D eigenvalue weighted by Gasteiger charge is 2.35. The Balaban J connectivity index is 1.84. The van der Waals surface area contributed by atoms with Crippen molar-refractivity contribution >= 4 is 44.9 Å². The average Bonchev–Trinajstić information content (AvgIpc) is 2.77. The van der Waals surface area contributed by atoms with E-state index < -0.39 is 0 Å². The number of hydrogen-bond donors (Lipinski definition) is 0. The van der Waals surface area contributed by atoms with Crippen molar-refractivity contribution in [3.8, 4) is 0 Å². The molecule has 3 rings (SSSR count). The quantitative estimate of drug-likeness (QED) is 0.703. The Hall–Kier alpha value is -1.92. The van der Waals surface area contributed by atoms with Crippen molar-refractivity contribution < 1.29 is 14.0 Å². The molecule has 0 bridgehead atoms. The molecule has 1 aliphatic heterocycles. The predicted molar refractivity (Wildman–Crippen MR) is 92.1 cm³/mol. The number of imide groups is 1. The summed E-state index contributed by atoms with van der Waals surface area (Å²) in [6.45, 7) is 0.201. The normalized spacial score (nSPS) is 16.4. The Morgan fingerprint density at radius 3 is 2.65 bits per heavy atom. The average molecular weight is 392 g/mol. The van der Waals surface area contributed by atoms with Gasteiger partial charge in [-0.05, 0) is 47.2 Å². The lowest BCUT2D eigenvalue weighted by Crippen LogP contribution is -2.27. The van der Waals surface area contributed by atoms with Crippen molar-refractivity contribution in [3.63, 3.8) is 0 Å². The van der Waals surface area contributed by atoms with E-state index in [9.17, 15) is 14.0 Å². The number of thioether (sulfide) groups is 1. The number of hydrogen-bond acceptors (Lipinski definition) is 3. The topological polar surface area (TPSA) is 37.4 Å². The Morgan fingerprint density at radius 1 is 1.13 bits per heavy atom. The maximum atomic E-state index is 13.2. The fourth-order valence-corrected chi connectivity index (χ4v) is 3.43. The molecule has 0 spiro atoms. The Bertz CT molecular complexity index is 822. The van der Waals surface area contributed by atoms with Crippen molar-refractivity contribution in [1.29, 1.82) is 0 Å². The van der Waals surface area contributed by atoms with E-state index in [-0.39, 0.29) is 23.5 Å². The largest absolute Gasteiger partial charge is 0.293 e. The second-order valence-electron chi connectivity index (χ2n) is 4.91. The molecule has 0 N–H and O–H groups in total. The van der Waals surface area contributed by atoms with Gasteiger partial charge in [0.1, 0.15) is 5.82 Å². The molecule has 2 aromatic carbocycles. The Labute approximate surface area is 145 Å². The van der Waals surface area contributed by atoms with Crippen LogP contribution in [0.5, 0.6) is 0 Å². The first-order valence-electron chi connectivity index (χ1n) is 6.79. The minimum Gasteiger partial charge on any atom is -0.268 e. The van der Waals surface area contributed by atoms with Crippen LogP contribution in [0, 0.1) is 5.82 Å². The van der Waals surface area contributed by atoms with Crippen LogP contribution in [0.2, 0.25) is 0 Å². The van der Waals surface area contributed by atoms with Crippen molar-refractivity contribution in [2.24, 2.45) is 0 Å². The van der Waals surface area contributed by atoms with Crippen molar-refractivity contribution in [3.05, 3.63) is 74.9 Å². The summed E-state index contributed by atoms with van der Waals surface area (Å²) in [5.74, 6) is -0.744. The van der Waals surface area contributed by atoms with Gasteiger partial charge in [-0.2, -0.15) is 0 Å². The third-order valence-electron chi connectivity index (χ3n) is 3.31. The minimum absolute atomic E-state index is 0.201. The van der Waals surface area contributed by atoms with Gasteiger partial charge in [0.15, 0.2) is 0 Å². The highest BCUT2D eigenvalue weighted by Crippen LogP contribution is 2.34. The lowest BCUT2D eigenvalue weighted by Gasteiger charge is -2.13. The Kier molecular flexibility index (Phi) is 4.63. The number of halogens is 2. The second kappa shape index (κ2) is 6.68. The zero-order valence-corrected chi connectivity index (χ0v) is 14.2. The second-order valence-corrected chi connectivity index (χ2v) is 6.76. The third kappa shape index (κ3) is 3.54. The summed E-state index contributed by atoms with van der Waals surface area (Å²) in [4.78, 5) is 26.0. The van der Waals surface area contributed by atoms with Crippen molar-refractivity contribution in [2.45, 2.75) is 6.54 Å². The van der Waals surface area contributed by atoms with Crippen LogP contribution in [0.4, 0.5) is 9.18 Å². The van der Waals surface area contributed by atoms with E-state index >= 15 is 0 Å². The van der Waals surface area contributed by atoms with Crippen LogP contribution < -0.4 is 0 Å². The predicted octanol–water partition coefficient (Wildman–Crippen LogP) is 4.82. The summed E-state index contributed by atoms with van der Waals surface area (Å²) in [5, 5.41) is -0.326. The first-order valence-corrected chi connectivity index (χ1v) is 8.40. The van der Waals surface area contributed by atoms with E-state index in [0.717, 1.165) is 21.8 Å². The van der Waals surface area contributed by atoms with Gasteiger partial charge >= 0.3 is 0 Å². The molecule has 0 unspecified atom stereocenters. The monoisotopic (exact) mass is 391 g/mol. The molecule has 23 heavy (non-hydrogen) atoms. The van der Waals surface area contributed by atoms with Gasteiger partial charge in [-0.25, -0.2) is 4.39 Å². The summed E-state index contributed by atoms with van der Waals surface area (Å²) in [7, 11) is 0. The molecule has 2 amide bonds. The fourth-order valence-electron chi connectivity index (χ4n) is 2.18. The number of benzene rings is 2. The number of nitrogens with zero attached hydrogens (tertiary/aromatic N) is 1. The van der Waals surface area contributed by atoms with Gasteiger partial charge in [0.25, 0.3) is 11.1 Å². The zero-order chi connectivity index (χ0) is 16.4. The molecule has 1 aliphatic rings. The van der Waals surface area contributed by atoms with Crippen LogP contribution in [0.25, 0.3) is 6.08 Å². The number of carbonyl (C=O) groups is 2. The van der Waals surface area contributed by atoms with E-state index in [1.54, 1.807) is 12.1 Å². The molecular weight excluding hydrogens is 381 g/mol. The lowest BCUT2D eigenvalue weighted by molar-refractivity contribution is -0.123. The molecule has 1 heterocycles. The first-order chi connectivity index (χ1) is 11.0. The van der Waals surface area contributed by atoms with Crippen molar-refractivity contribution in [1.82, 2.24) is 4.90 Å². The third-order valence-corrected chi connectivity index (χ3v) is 4.99. The van der Waals surface area contributed by atoms with E-state index in [4.69, 9.17) is 0 Å². The smallest absolute Gasteiger partial charge is 0.268 e. The molecule has 0 aromatic heterocycles. The lowest BCUT2D eigenvalue weighted by atomic mass is 10.2. The summed E-state index contributed by atoms with van der Waals surface area (Å²) < 4.78 is 14.1. The standard InChI is InChI=1S/C17H11BrFNO2S/c18-14-7-2-1-5-12(14)10-20-16(21)15(23-17(20)22)9-11-4-3-6-13(19)8-11/h1-9H,10H2/b15-9-. The van der Waals surface area contributed by atoms with Gasteiger partial charge in [-0.1, -0.05) is 46.3 Å². The van der Waals surface area contributed by atoms with Crippen LogP contribution in [0.1, 0.15) is 11.1 Å². The molecule has 3 nitrogen and oxygen atoms in total. The van der Waals surface area contributed by atoms with Gasteiger partial charge in [-0.3, -0.25) is 14.5 Å². The number of rotatable bonds is 3. The van der Waals surface area contributed by atoms with E-state index in [1.807, 2.05) is 24.3 Å². The SMILES string of the molecule is O=C1S/C(=C\c2cccc(F)c2)C(=O)N1Cc1ccccc1Br.